The molecule has 0 bridgehead atoms. The number of para-hydroxylation sites is 1. The largest absolute Gasteiger partial charge is 0.488 e. The van der Waals surface area contributed by atoms with Crippen LogP contribution in [0.3, 0.4) is 0 Å². The van der Waals surface area contributed by atoms with E-state index in [2.05, 4.69) is 47.3 Å². The summed E-state index contributed by atoms with van der Waals surface area (Å²) in [6.45, 7) is 3.56. The lowest BCUT2D eigenvalue weighted by atomic mass is 10.1. The molecule has 2 rings (SSSR count). The number of ether oxygens (including phenoxy) is 1. The Balaban J connectivity index is 2.13. The van der Waals surface area contributed by atoms with E-state index in [0.29, 0.717) is 6.61 Å². The van der Waals surface area contributed by atoms with Gasteiger partial charge in [0, 0.05) is 12.1 Å². The van der Waals surface area contributed by atoms with Crippen LogP contribution in [0.5, 0.6) is 5.75 Å². The van der Waals surface area contributed by atoms with Crippen LogP contribution in [0.25, 0.3) is 0 Å². The van der Waals surface area contributed by atoms with Crippen molar-refractivity contribution in [1.82, 2.24) is 5.32 Å². The maximum Gasteiger partial charge on any atom is 0.127 e. The monoisotopic (exact) mass is 247 g/mol. The number of benzene rings is 1. The zero-order valence-corrected chi connectivity index (χ0v) is 11.0. The van der Waals surface area contributed by atoms with Gasteiger partial charge in [0.05, 0.1) is 0 Å². The molecule has 0 amide bonds. The Morgan fingerprint density at radius 2 is 2.18 bits per heavy atom. The van der Waals surface area contributed by atoms with E-state index in [1.165, 1.54) is 16.7 Å². The van der Waals surface area contributed by atoms with Crippen LogP contribution in [0.4, 0.5) is 0 Å². The zero-order chi connectivity index (χ0) is 12.1. The van der Waals surface area contributed by atoms with Crippen LogP contribution in [-0.4, -0.2) is 7.05 Å². The standard InChI is InChI=1S/C14H17NOS/c1-11-4-3-5-13(8-15-2)14(11)16-9-12-6-7-17-10-12/h3-7,10,15H,8-9H2,1-2H3. The zero-order valence-electron chi connectivity index (χ0n) is 10.2. The normalized spacial score (nSPS) is 10.5. The van der Waals surface area contributed by atoms with E-state index in [4.69, 9.17) is 4.74 Å². The average molecular weight is 247 g/mol. The molecule has 1 N–H and O–H groups in total. The molecular weight excluding hydrogens is 230 g/mol. The quantitative estimate of drug-likeness (QED) is 0.875. The lowest BCUT2D eigenvalue weighted by Gasteiger charge is -2.13. The van der Waals surface area contributed by atoms with Gasteiger partial charge in [-0.2, -0.15) is 11.3 Å². The van der Waals surface area contributed by atoms with E-state index in [9.17, 15) is 0 Å². The molecule has 0 spiro atoms. The first-order valence-electron chi connectivity index (χ1n) is 5.68. The third kappa shape index (κ3) is 3.08. The van der Waals surface area contributed by atoms with Crippen LogP contribution in [0.1, 0.15) is 16.7 Å². The predicted octanol–water partition coefficient (Wildman–Crippen LogP) is 3.35. The summed E-state index contributed by atoms with van der Waals surface area (Å²) in [5.41, 5.74) is 3.63. The van der Waals surface area contributed by atoms with Crippen molar-refractivity contribution in [2.24, 2.45) is 0 Å². The molecular formula is C14H17NOS. The number of hydrogen-bond acceptors (Lipinski definition) is 3. The van der Waals surface area contributed by atoms with Gasteiger partial charge < -0.3 is 10.1 Å². The molecule has 90 valence electrons. The minimum absolute atomic E-state index is 0.644. The average Bonchev–Trinajstić information content (AvgIpc) is 2.82. The van der Waals surface area contributed by atoms with E-state index < -0.39 is 0 Å². The minimum Gasteiger partial charge on any atom is -0.488 e. The minimum atomic E-state index is 0.644. The van der Waals surface area contributed by atoms with E-state index in [1.807, 2.05) is 7.05 Å². The number of aryl methyl sites for hydroxylation is 1. The highest BCUT2D eigenvalue weighted by molar-refractivity contribution is 7.07. The van der Waals surface area contributed by atoms with Crippen LogP contribution in [-0.2, 0) is 13.2 Å². The number of nitrogens with one attached hydrogen (secondary N) is 1. The lowest BCUT2D eigenvalue weighted by molar-refractivity contribution is 0.301. The van der Waals surface area contributed by atoms with Gasteiger partial charge >= 0.3 is 0 Å². The van der Waals surface area contributed by atoms with E-state index in [-0.39, 0.29) is 0 Å². The van der Waals surface area contributed by atoms with Gasteiger partial charge in [0.15, 0.2) is 0 Å². The second-order valence-electron chi connectivity index (χ2n) is 4.01. The second-order valence-corrected chi connectivity index (χ2v) is 4.79. The molecule has 0 unspecified atom stereocenters. The van der Waals surface area contributed by atoms with Crippen molar-refractivity contribution >= 4 is 11.3 Å². The fourth-order valence-electron chi connectivity index (χ4n) is 1.78. The fourth-order valence-corrected chi connectivity index (χ4v) is 2.43. The summed E-state index contributed by atoms with van der Waals surface area (Å²) in [4.78, 5) is 0. The van der Waals surface area contributed by atoms with Gasteiger partial charge in [0.2, 0.25) is 0 Å². The van der Waals surface area contributed by atoms with Gasteiger partial charge in [-0.15, -0.1) is 0 Å². The molecule has 0 fully saturated rings. The topological polar surface area (TPSA) is 21.3 Å². The molecule has 17 heavy (non-hydrogen) atoms. The molecule has 0 saturated heterocycles. The maximum atomic E-state index is 5.93. The highest BCUT2D eigenvalue weighted by Crippen LogP contribution is 2.24. The summed E-state index contributed by atoms with van der Waals surface area (Å²) in [7, 11) is 1.95. The second kappa shape index (κ2) is 5.84. The van der Waals surface area contributed by atoms with Crippen LogP contribution in [0.2, 0.25) is 0 Å². The Kier molecular flexibility index (Phi) is 4.18. The van der Waals surface area contributed by atoms with Gasteiger partial charge in [-0.3, -0.25) is 0 Å². The Hall–Kier alpha value is -1.32. The lowest BCUT2D eigenvalue weighted by Crippen LogP contribution is -2.08. The summed E-state index contributed by atoms with van der Waals surface area (Å²) in [5, 5.41) is 7.36. The van der Waals surface area contributed by atoms with Gasteiger partial charge in [-0.25, -0.2) is 0 Å². The van der Waals surface area contributed by atoms with Gasteiger partial charge in [-0.1, -0.05) is 18.2 Å². The van der Waals surface area contributed by atoms with Crippen molar-refractivity contribution in [2.45, 2.75) is 20.1 Å². The Bertz CT molecular complexity index is 465. The summed E-state index contributed by atoms with van der Waals surface area (Å²) in [6.07, 6.45) is 0. The van der Waals surface area contributed by atoms with Crippen LogP contribution in [0, 0.1) is 6.92 Å². The Morgan fingerprint density at radius 3 is 2.88 bits per heavy atom. The first kappa shape index (κ1) is 12.1. The van der Waals surface area contributed by atoms with Crippen molar-refractivity contribution in [3.63, 3.8) is 0 Å². The Morgan fingerprint density at radius 1 is 1.29 bits per heavy atom. The van der Waals surface area contributed by atoms with Crippen molar-refractivity contribution in [1.29, 1.82) is 0 Å². The van der Waals surface area contributed by atoms with Crippen molar-refractivity contribution in [3.05, 3.63) is 51.7 Å². The number of rotatable bonds is 5. The molecule has 2 aromatic rings. The predicted molar refractivity (Wildman–Crippen MR) is 72.6 cm³/mol. The third-order valence-corrected chi connectivity index (χ3v) is 3.36. The molecule has 0 aliphatic carbocycles. The van der Waals surface area contributed by atoms with Gasteiger partial charge in [0.25, 0.3) is 0 Å². The Labute approximate surface area is 106 Å². The molecule has 0 aliphatic heterocycles. The van der Waals surface area contributed by atoms with E-state index in [0.717, 1.165) is 12.3 Å². The summed E-state index contributed by atoms with van der Waals surface area (Å²) in [6, 6.07) is 8.36. The molecule has 0 saturated carbocycles. The third-order valence-electron chi connectivity index (χ3n) is 2.62. The first-order chi connectivity index (χ1) is 8.31. The summed E-state index contributed by atoms with van der Waals surface area (Å²) >= 11 is 1.70. The number of hydrogen-bond donors (Lipinski definition) is 1. The van der Waals surface area contributed by atoms with Crippen LogP contribution < -0.4 is 10.1 Å². The van der Waals surface area contributed by atoms with E-state index in [1.54, 1.807) is 11.3 Å². The first-order valence-corrected chi connectivity index (χ1v) is 6.62. The highest BCUT2D eigenvalue weighted by Gasteiger charge is 2.06. The molecule has 1 aromatic heterocycles. The molecule has 1 heterocycles. The summed E-state index contributed by atoms with van der Waals surface area (Å²) < 4.78 is 5.93. The SMILES string of the molecule is CNCc1cccc(C)c1OCc1ccsc1. The van der Waals surface area contributed by atoms with Crippen molar-refractivity contribution in [2.75, 3.05) is 7.05 Å². The fraction of sp³-hybridized carbons (Fsp3) is 0.286. The molecule has 3 heteroatoms. The van der Waals surface area contributed by atoms with Crippen LogP contribution in [0.15, 0.2) is 35.0 Å². The van der Waals surface area contributed by atoms with Crippen LogP contribution >= 0.6 is 11.3 Å². The molecule has 0 aliphatic rings. The molecule has 0 radical (unpaired) electrons. The summed E-state index contributed by atoms with van der Waals surface area (Å²) in [5.74, 6) is 1.01. The smallest absolute Gasteiger partial charge is 0.127 e. The van der Waals surface area contributed by atoms with Gasteiger partial charge in [-0.05, 0) is 41.9 Å². The van der Waals surface area contributed by atoms with Crippen molar-refractivity contribution in [3.8, 4) is 5.75 Å². The van der Waals surface area contributed by atoms with E-state index >= 15 is 0 Å². The highest BCUT2D eigenvalue weighted by atomic mass is 32.1. The molecule has 1 aromatic carbocycles. The number of thiophene rings is 1. The molecule has 2 nitrogen and oxygen atoms in total. The van der Waals surface area contributed by atoms with Gasteiger partial charge in [0.1, 0.15) is 12.4 Å². The molecule has 0 atom stereocenters. The van der Waals surface area contributed by atoms with Crippen molar-refractivity contribution < 1.29 is 4.74 Å². The maximum absolute atomic E-state index is 5.93.